The molecular formula is C24H22ClFN2O4. The quantitative estimate of drug-likeness (QED) is 0.458. The summed E-state index contributed by atoms with van der Waals surface area (Å²) in [5.74, 6) is 0.219. The lowest BCUT2D eigenvalue weighted by Crippen LogP contribution is -2.08. The first-order chi connectivity index (χ1) is 15.4. The van der Waals surface area contributed by atoms with Crippen LogP contribution in [0.1, 0.15) is 36.4 Å². The van der Waals surface area contributed by atoms with Crippen LogP contribution in [-0.4, -0.2) is 28.2 Å². The first-order valence-electron chi connectivity index (χ1n) is 10.2. The highest BCUT2D eigenvalue weighted by molar-refractivity contribution is 6.31. The fourth-order valence-electron chi connectivity index (χ4n) is 3.70. The number of hydrogen-bond donors (Lipinski definition) is 1. The van der Waals surface area contributed by atoms with Gasteiger partial charge in [-0.25, -0.2) is 9.37 Å². The van der Waals surface area contributed by atoms with Crippen LogP contribution in [0.4, 0.5) is 4.39 Å². The van der Waals surface area contributed by atoms with E-state index in [-0.39, 0.29) is 35.4 Å². The number of nitrogens with zero attached hydrogens (tertiary/aromatic N) is 2. The Balaban J connectivity index is 1.48. The summed E-state index contributed by atoms with van der Waals surface area (Å²) < 4.78 is 25.2. The molecule has 8 heteroatoms. The Morgan fingerprint density at radius 2 is 2.06 bits per heavy atom. The van der Waals surface area contributed by atoms with Crippen molar-refractivity contribution in [3.63, 3.8) is 0 Å². The van der Waals surface area contributed by atoms with Crippen molar-refractivity contribution in [1.82, 2.24) is 9.97 Å². The molecule has 1 aliphatic rings. The third kappa shape index (κ3) is 5.16. The van der Waals surface area contributed by atoms with Crippen molar-refractivity contribution in [2.45, 2.75) is 31.8 Å². The number of carbonyl (C=O) groups is 1. The fraction of sp³-hybridized carbons (Fsp3) is 0.292. The van der Waals surface area contributed by atoms with Gasteiger partial charge in [0.05, 0.1) is 25.4 Å². The van der Waals surface area contributed by atoms with Gasteiger partial charge in [0, 0.05) is 5.56 Å². The minimum absolute atomic E-state index is 0.0117. The molecule has 1 aliphatic carbocycles. The van der Waals surface area contributed by atoms with E-state index < -0.39 is 11.8 Å². The summed E-state index contributed by atoms with van der Waals surface area (Å²) in [7, 11) is 1.49. The number of rotatable bonds is 9. The fourth-order valence-corrected chi connectivity index (χ4v) is 3.96. The first kappa shape index (κ1) is 22.0. The van der Waals surface area contributed by atoms with Crippen LogP contribution >= 0.6 is 11.6 Å². The zero-order valence-corrected chi connectivity index (χ0v) is 18.2. The van der Waals surface area contributed by atoms with Crippen molar-refractivity contribution in [2.75, 3.05) is 7.11 Å². The normalized spacial score (nSPS) is 14.1. The van der Waals surface area contributed by atoms with Crippen LogP contribution in [0.15, 0.2) is 48.7 Å². The lowest BCUT2D eigenvalue weighted by molar-refractivity contribution is -0.137. The van der Waals surface area contributed by atoms with Crippen LogP contribution in [0.2, 0.25) is 5.15 Å². The standard InChI is InChI=1S/C24H22ClFN2O4/c1-31-17-7-8-21(26)20(10-17)23-24(25)28-16(12-27-23)13-32-18-4-2-3-15(9-18)19(11-22(29)30)14-5-6-14/h2-4,7-10,12,14,19H,5-6,11,13H2,1H3,(H,29,30). The van der Waals surface area contributed by atoms with Crippen molar-refractivity contribution < 1.29 is 23.8 Å². The Labute approximate surface area is 190 Å². The Bertz CT molecular complexity index is 1140. The number of ether oxygens (including phenoxy) is 2. The molecule has 1 aromatic heterocycles. The number of aromatic nitrogens is 2. The highest BCUT2D eigenvalue weighted by Crippen LogP contribution is 2.45. The molecule has 1 fully saturated rings. The molecule has 0 amide bonds. The number of methoxy groups -OCH3 is 1. The molecule has 1 heterocycles. The van der Waals surface area contributed by atoms with Crippen LogP contribution in [0.25, 0.3) is 11.3 Å². The van der Waals surface area contributed by atoms with Crippen LogP contribution in [-0.2, 0) is 11.4 Å². The predicted molar refractivity (Wildman–Crippen MR) is 117 cm³/mol. The van der Waals surface area contributed by atoms with E-state index in [2.05, 4.69) is 9.97 Å². The van der Waals surface area contributed by atoms with Gasteiger partial charge in [0.15, 0.2) is 5.15 Å². The van der Waals surface area contributed by atoms with E-state index in [1.807, 2.05) is 24.3 Å². The zero-order valence-electron chi connectivity index (χ0n) is 17.4. The number of aliphatic carboxylic acids is 1. The summed E-state index contributed by atoms with van der Waals surface area (Å²) in [4.78, 5) is 19.8. The average Bonchev–Trinajstić information content (AvgIpc) is 3.62. The molecule has 6 nitrogen and oxygen atoms in total. The van der Waals surface area contributed by atoms with Crippen LogP contribution in [0, 0.1) is 11.7 Å². The summed E-state index contributed by atoms with van der Waals surface area (Å²) >= 11 is 6.28. The highest BCUT2D eigenvalue weighted by Gasteiger charge is 2.33. The van der Waals surface area contributed by atoms with Gasteiger partial charge in [-0.15, -0.1) is 0 Å². The molecule has 0 aliphatic heterocycles. The van der Waals surface area contributed by atoms with Crippen molar-refractivity contribution in [3.8, 4) is 22.8 Å². The molecule has 3 aromatic rings. The van der Waals surface area contributed by atoms with Crippen LogP contribution in [0.5, 0.6) is 11.5 Å². The van der Waals surface area contributed by atoms with Gasteiger partial charge in [-0.3, -0.25) is 9.78 Å². The Morgan fingerprint density at radius 3 is 2.75 bits per heavy atom. The van der Waals surface area contributed by atoms with Crippen molar-refractivity contribution >= 4 is 17.6 Å². The topological polar surface area (TPSA) is 81.5 Å². The molecule has 166 valence electrons. The molecule has 0 radical (unpaired) electrons. The molecule has 2 aromatic carbocycles. The number of carboxylic acids is 1. The van der Waals surface area contributed by atoms with Crippen molar-refractivity contribution in [3.05, 3.63) is 70.9 Å². The van der Waals surface area contributed by atoms with E-state index in [1.165, 1.54) is 31.5 Å². The highest BCUT2D eigenvalue weighted by atomic mass is 35.5. The Morgan fingerprint density at radius 1 is 1.25 bits per heavy atom. The average molecular weight is 457 g/mol. The smallest absolute Gasteiger partial charge is 0.303 e. The summed E-state index contributed by atoms with van der Waals surface area (Å²) in [6, 6.07) is 11.8. The lowest BCUT2D eigenvalue weighted by Gasteiger charge is -2.16. The van der Waals surface area contributed by atoms with Gasteiger partial charge < -0.3 is 14.6 Å². The number of halogens is 2. The van der Waals surface area contributed by atoms with Gasteiger partial charge in [0.2, 0.25) is 0 Å². The van der Waals surface area contributed by atoms with E-state index in [9.17, 15) is 14.3 Å². The molecule has 0 saturated heterocycles. The summed E-state index contributed by atoms with van der Waals surface area (Å²) in [6.45, 7) is 0.115. The maximum atomic E-state index is 14.2. The lowest BCUT2D eigenvalue weighted by atomic mass is 9.91. The molecular weight excluding hydrogens is 435 g/mol. The number of hydrogen-bond acceptors (Lipinski definition) is 5. The Hall–Kier alpha value is -3.19. The predicted octanol–water partition coefficient (Wildman–Crippen LogP) is 5.49. The minimum atomic E-state index is -0.800. The molecule has 1 atom stereocenters. The third-order valence-corrected chi connectivity index (χ3v) is 5.73. The first-order valence-corrected chi connectivity index (χ1v) is 10.6. The van der Waals surface area contributed by atoms with E-state index in [1.54, 1.807) is 0 Å². The van der Waals surface area contributed by atoms with Crippen molar-refractivity contribution in [1.29, 1.82) is 0 Å². The van der Waals surface area contributed by atoms with E-state index in [0.717, 1.165) is 18.4 Å². The maximum Gasteiger partial charge on any atom is 0.303 e. The van der Waals surface area contributed by atoms with Crippen molar-refractivity contribution in [2.24, 2.45) is 5.92 Å². The van der Waals surface area contributed by atoms with E-state index in [0.29, 0.717) is 23.1 Å². The van der Waals surface area contributed by atoms with Gasteiger partial charge in [0.25, 0.3) is 0 Å². The van der Waals surface area contributed by atoms with Gasteiger partial charge in [-0.1, -0.05) is 23.7 Å². The Kier molecular flexibility index (Phi) is 6.55. The molecule has 1 N–H and O–H groups in total. The van der Waals surface area contributed by atoms with Gasteiger partial charge in [0.1, 0.15) is 29.6 Å². The third-order valence-electron chi connectivity index (χ3n) is 5.47. The van der Waals surface area contributed by atoms with E-state index in [4.69, 9.17) is 21.1 Å². The second-order valence-corrected chi connectivity index (χ2v) is 8.11. The van der Waals surface area contributed by atoms with Gasteiger partial charge >= 0.3 is 5.97 Å². The summed E-state index contributed by atoms with van der Waals surface area (Å²) in [5.41, 5.74) is 1.86. The largest absolute Gasteiger partial charge is 0.497 e. The van der Waals surface area contributed by atoms with E-state index >= 15 is 0 Å². The number of benzene rings is 2. The molecule has 1 unspecified atom stereocenters. The number of carboxylic acid groups (broad SMARTS) is 1. The minimum Gasteiger partial charge on any atom is -0.497 e. The van der Waals surface area contributed by atoms with Gasteiger partial charge in [-0.05, 0) is 60.6 Å². The molecule has 1 saturated carbocycles. The summed E-state index contributed by atoms with van der Waals surface area (Å²) in [6.07, 6.45) is 3.70. The van der Waals surface area contributed by atoms with Crippen LogP contribution < -0.4 is 9.47 Å². The maximum absolute atomic E-state index is 14.2. The molecule has 4 rings (SSSR count). The second-order valence-electron chi connectivity index (χ2n) is 7.75. The van der Waals surface area contributed by atoms with Gasteiger partial charge in [-0.2, -0.15) is 0 Å². The monoisotopic (exact) mass is 456 g/mol. The molecule has 32 heavy (non-hydrogen) atoms. The second kappa shape index (κ2) is 9.53. The molecule has 0 bridgehead atoms. The van der Waals surface area contributed by atoms with Crippen LogP contribution in [0.3, 0.4) is 0 Å². The summed E-state index contributed by atoms with van der Waals surface area (Å²) in [5, 5.41) is 9.29. The molecule has 0 spiro atoms. The zero-order chi connectivity index (χ0) is 22.7. The SMILES string of the molecule is COc1ccc(F)c(-c2ncc(COc3cccc(C(CC(=O)O)C4CC4)c3)nc2Cl)c1.